The molecule has 164 valence electrons. The average molecular weight is 447 g/mol. The molecule has 1 saturated carbocycles. The Hall–Kier alpha value is -2.79. The van der Waals surface area contributed by atoms with Gasteiger partial charge in [-0.1, -0.05) is 11.8 Å². The highest BCUT2D eigenvalue weighted by Gasteiger charge is 2.21. The normalized spacial score (nSPS) is 17.2. The molecule has 0 spiro atoms. The number of anilines is 1. The molecule has 4 aromatic rings. The van der Waals surface area contributed by atoms with Crippen LogP contribution in [0, 0.1) is 17.8 Å². The molecule has 1 aliphatic heterocycles. The number of nitrogens with one attached hydrogen (secondary N) is 1. The van der Waals surface area contributed by atoms with Gasteiger partial charge < -0.3 is 19.0 Å². The number of benzene rings is 1. The Morgan fingerprint density at radius 2 is 2.09 bits per heavy atom. The highest BCUT2D eigenvalue weighted by molar-refractivity contribution is 7.11. The largest absolute Gasteiger partial charge is 0.452 e. The Kier molecular flexibility index (Phi) is 5.14. The lowest BCUT2D eigenvalue weighted by Gasteiger charge is -2.33. The van der Waals surface area contributed by atoms with E-state index in [4.69, 9.17) is 9.15 Å². The van der Waals surface area contributed by atoms with Gasteiger partial charge in [0.1, 0.15) is 23.4 Å². The summed E-state index contributed by atoms with van der Waals surface area (Å²) >= 11 is 1.63. The number of aromatic amines is 1. The number of fused-ring (bicyclic) bond motifs is 3. The predicted octanol–water partition coefficient (Wildman–Crippen LogP) is 4.57. The first-order chi connectivity index (χ1) is 15.7. The van der Waals surface area contributed by atoms with Crippen molar-refractivity contribution >= 4 is 39.1 Å². The number of aromatic nitrogens is 2. The van der Waals surface area contributed by atoms with Gasteiger partial charge in [0, 0.05) is 54.3 Å². The number of likely N-dealkylation sites (N-methyl/N-ethyl adjacent to an activating group) is 1. The lowest BCUT2D eigenvalue weighted by Crippen LogP contribution is -2.44. The monoisotopic (exact) mass is 446 g/mol. The van der Waals surface area contributed by atoms with Gasteiger partial charge in [-0.2, -0.15) is 5.10 Å². The molecule has 0 amide bonds. The van der Waals surface area contributed by atoms with Crippen molar-refractivity contribution in [3.05, 3.63) is 34.5 Å². The van der Waals surface area contributed by atoms with Gasteiger partial charge in [-0.15, -0.1) is 11.3 Å². The van der Waals surface area contributed by atoms with E-state index < -0.39 is 0 Å². The van der Waals surface area contributed by atoms with Crippen LogP contribution in [0.1, 0.15) is 17.7 Å². The third kappa shape index (κ3) is 3.90. The van der Waals surface area contributed by atoms with Gasteiger partial charge in [-0.25, -0.2) is 0 Å². The van der Waals surface area contributed by atoms with Gasteiger partial charge in [-0.3, -0.25) is 5.10 Å². The molecule has 0 unspecified atom stereocenters. The third-order valence-electron chi connectivity index (χ3n) is 6.35. The number of rotatable bonds is 5. The fourth-order valence-corrected chi connectivity index (χ4v) is 4.95. The first-order valence-corrected chi connectivity index (χ1v) is 12.1. The van der Waals surface area contributed by atoms with Crippen LogP contribution >= 0.6 is 11.3 Å². The van der Waals surface area contributed by atoms with Crippen LogP contribution in [0.5, 0.6) is 0 Å². The van der Waals surface area contributed by atoms with Crippen molar-refractivity contribution in [2.75, 3.05) is 51.3 Å². The van der Waals surface area contributed by atoms with E-state index in [9.17, 15) is 0 Å². The van der Waals surface area contributed by atoms with Crippen molar-refractivity contribution in [2.45, 2.75) is 12.8 Å². The average Bonchev–Trinajstić information content (AvgIpc) is 3.19. The summed E-state index contributed by atoms with van der Waals surface area (Å²) in [4.78, 5) is 5.80. The van der Waals surface area contributed by atoms with Crippen LogP contribution < -0.4 is 4.90 Å². The smallest absolute Gasteiger partial charge is 0.181 e. The minimum absolute atomic E-state index is 0.496. The molecule has 0 bridgehead atoms. The molecular weight excluding hydrogens is 420 g/mol. The van der Waals surface area contributed by atoms with E-state index in [1.165, 1.54) is 18.5 Å². The van der Waals surface area contributed by atoms with Crippen LogP contribution in [0.4, 0.5) is 5.69 Å². The van der Waals surface area contributed by atoms with Gasteiger partial charge in [0.2, 0.25) is 0 Å². The quantitative estimate of drug-likeness (QED) is 0.360. The Morgan fingerprint density at radius 1 is 1.22 bits per heavy atom. The predicted molar refractivity (Wildman–Crippen MR) is 129 cm³/mol. The van der Waals surface area contributed by atoms with Crippen molar-refractivity contribution in [1.29, 1.82) is 0 Å². The van der Waals surface area contributed by atoms with Crippen LogP contribution in [-0.2, 0) is 4.74 Å². The summed E-state index contributed by atoms with van der Waals surface area (Å²) in [7, 11) is 2.18. The summed E-state index contributed by atoms with van der Waals surface area (Å²) in [5, 5.41) is 10.9. The standard InChI is InChI=1S/C25H26N4O2S/c1-28-8-10-29(11-9-28)19-6-7-21-22(14-19)31-25-23(26-27-24(21)25)18-13-20(32-16-18)3-2-12-30-15-17-4-5-17/h6-7,13-14,16-17H,4-5,8-12,15H2,1H3,(H,26,27). The molecule has 6 rings (SSSR count). The number of piperazine rings is 1. The fraction of sp³-hybridized carbons (Fsp3) is 0.400. The molecule has 1 aliphatic carbocycles. The van der Waals surface area contributed by atoms with E-state index >= 15 is 0 Å². The summed E-state index contributed by atoms with van der Waals surface area (Å²) in [6, 6.07) is 8.57. The van der Waals surface area contributed by atoms with Gasteiger partial charge in [0.05, 0.1) is 11.5 Å². The van der Waals surface area contributed by atoms with Gasteiger partial charge in [-0.05, 0) is 44.0 Å². The van der Waals surface area contributed by atoms with E-state index in [-0.39, 0.29) is 0 Å². The van der Waals surface area contributed by atoms with Crippen molar-refractivity contribution in [2.24, 2.45) is 5.92 Å². The molecule has 2 fully saturated rings. The van der Waals surface area contributed by atoms with Gasteiger partial charge >= 0.3 is 0 Å². The van der Waals surface area contributed by atoms with E-state index in [1.807, 2.05) is 0 Å². The molecule has 3 aromatic heterocycles. The fourth-order valence-electron chi connectivity index (χ4n) is 4.19. The van der Waals surface area contributed by atoms with Crippen molar-refractivity contribution < 1.29 is 9.15 Å². The number of nitrogens with zero attached hydrogens (tertiary/aromatic N) is 3. The number of hydrogen-bond acceptors (Lipinski definition) is 6. The number of furan rings is 1. The summed E-state index contributed by atoms with van der Waals surface area (Å²) in [6.07, 6.45) is 2.61. The van der Waals surface area contributed by atoms with Crippen LogP contribution in [-0.4, -0.2) is 61.5 Å². The third-order valence-corrected chi connectivity index (χ3v) is 7.19. The molecule has 0 radical (unpaired) electrons. The molecule has 1 N–H and O–H groups in total. The van der Waals surface area contributed by atoms with Crippen LogP contribution in [0.3, 0.4) is 0 Å². The topological polar surface area (TPSA) is 57.5 Å². The number of H-pyrrole nitrogens is 1. The Labute approximate surface area is 191 Å². The van der Waals surface area contributed by atoms with Gasteiger partial charge in [0.25, 0.3) is 0 Å². The first kappa shape index (κ1) is 19.9. The zero-order chi connectivity index (χ0) is 21.5. The van der Waals surface area contributed by atoms with E-state index in [0.717, 1.165) is 76.9 Å². The molecular formula is C25H26N4O2S. The van der Waals surface area contributed by atoms with Crippen LogP contribution in [0.25, 0.3) is 33.3 Å². The summed E-state index contributed by atoms with van der Waals surface area (Å²) in [5.74, 6) is 7.10. The number of hydrogen-bond donors (Lipinski definition) is 1. The van der Waals surface area contributed by atoms with Crippen molar-refractivity contribution in [1.82, 2.24) is 15.1 Å². The zero-order valence-electron chi connectivity index (χ0n) is 18.2. The molecule has 1 aromatic carbocycles. The molecule has 7 heteroatoms. The van der Waals surface area contributed by atoms with Crippen molar-refractivity contribution in [3.8, 4) is 23.1 Å². The van der Waals surface area contributed by atoms with Crippen molar-refractivity contribution in [3.63, 3.8) is 0 Å². The molecule has 1 saturated heterocycles. The minimum Gasteiger partial charge on any atom is -0.452 e. The summed E-state index contributed by atoms with van der Waals surface area (Å²) in [6.45, 7) is 5.59. The summed E-state index contributed by atoms with van der Waals surface area (Å²) in [5.41, 5.74) is 5.74. The van der Waals surface area contributed by atoms with Gasteiger partial charge in [0.15, 0.2) is 5.58 Å². The second-order valence-corrected chi connectivity index (χ2v) is 9.72. The van der Waals surface area contributed by atoms with E-state index in [2.05, 4.69) is 68.5 Å². The molecule has 32 heavy (non-hydrogen) atoms. The lowest BCUT2D eigenvalue weighted by molar-refractivity contribution is 0.156. The Balaban J connectivity index is 1.23. The lowest BCUT2D eigenvalue weighted by atomic mass is 10.1. The molecule has 0 atom stereocenters. The van der Waals surface area contributed by atoms with E-state index in [1.54, 1.807) is 11.3 Å². The highest BCUT2D eigenvalue weighted by Crippen LogP contribution is 2.37. The number of thiophene rings is 1. The maximum absolute atomic E-state index is 6.30. The number of ether oxygens (including phenoxy) is 1. The minimum atomic E-state index is 0.496. The molecule has 2 aliphatic rings. The second-order valence-electron chi connectivity index (χ2n) is 8.81. The Bertz CT molecular complexity index is 1310. The Morgan fingerprint density at radius 3 is 2.94 bits per heavy atom. The van der Waals surface area contributed by atoms with E-state index in [0.29, 0.717) is 6.61 Å². The molecule has 6 nitrogen and oxygen atoms in total. The SMILES string of the molecule is CN1CCN(c2ccc3c(c2)oc2c(-c4csc(C#CCOCC5CC5)c4)n[nH]c23)CC1. The second kappa shape index (κ2) is 8.28. The molecule has 4 heterocycles. The maximum Gasteiger partial charge on any atom is 0.181 e. The van der Waals surface area contributed by atoms with Crippen LogP contribution in [0.15, 0.2) is 34.1 Å². The maximum atomic E-state index is 6.30. The highest BCUT2D eigenvalue weighted by atomic mass is 32.1. The first-order valence-electron chi connectivity index (χ1n) is 11.2. The summed E-state index contributed by atoms with van der Waals surface area (Å²) < 4.78 is 11.9. The zero-order valence-corrected chi connectivity index (χ0v) is 19.0. The van der Waals surface area contributed by atoms with Crippen LogP contribution in [0.2, 0.25) is 0 Å².